The molecule has 1 saturated heterocycles. The van der Waals surface area contributed by atoms with Gasteiger partial charge in [0, 0.05) is 19.5 Å². The Morgan fingerprint density at radius 3 is 2.53 bits per heavy atom. The van der Waals surface area contributed by atoms with E-state index in [0.717, 1.165) is 48.9 Å². The average Bonchev–Trinajstić information content (AvgIpc) is 3.13. The molecule has 3 heterocycles. The molecule has 2 aromatic rings. The summed E-state index contributed by atoms with van der Waals surface area (Å²) in [7, 11) is 0. The lowest BCUT2D eigenvalue weighted by Gasteiger charge is -2.33. The standard InChI is InChI=1S/C23H32N4O2S/c1-15(2)20(14-28)24-22-21-19(10-13-30(21)29)25-23(26-22)27-11-8-18(9-12-27)17-6-4-16(3)5-7-17/h4-7,15,18,20,28H,8-14H2,1-3H3,(H,24,25,26)/t20-,30?/m0/s1. The van der Waals surface area contributed by atoms with Gasteiger partial charge < -0.3 is 19.9 Å². The van der Waals surface area contributed by atoms with E-state index in [1.807, 2.05) is 0 Å². The molecular weight excluding hydrogens is 396 g/mol. The summed E-state index contributed by atoms with van der Waals surface area (Å²) in [5, 5.41) is 13.1. The van der Waals surface area contributed by atoms with Crippen molar-refractivity contribution in [3.05, 3.63) is 41.1 Å². The molecule has 1 aromatic heterocycles. The van der Waals surface area contributed by atoms with Gasteiger partial charge in [0.15, 0.2) is 5.82 Å². The summed E-state index contributed by atoms with van der Waals surface area (Å²) in [5.41, 5.74) is 3.60. The molecule has 2 N–H and O–H groups in total. The van der Waals surface area contributed by atoms with Gasteiger partial charge >= 0.3 is 0 Å². The third kappa shape index (κ3) is 4.43. The molecule has 0 radical (unpaired) electrons. The number of piperidine rings is 1. The lowest BCUT2D eigenvalue weighted by atomic mass is 9.89. The van der Waals surface area contributed by atoms with Crippen LogP contribution in [0.15, 0.2) is 29.2 Å². The summed E-state index contributed by atoms with van der Waals surface area (Å²) in [6.07, 6.45) is 2.87. The fourth-order valence-electron chi connectivity index (χ4n) is 4.27. The lowest BCUT2D eigenvalue weighted by molar-refractivity contribution is 0.248. The number of nitrogens with zero attached hydrogens (tertiary/aromatic N) is 3. The second-order valence-electron chi connectivity index (χ2n) is 8.80. The van der Waals surface area contributed by atoms with Crippen LogP contribution < -0.4 is 10.2 Å². The van der Waals surface area contributed by atoms with Crippen molar-refractivity contribution in [1.29, 1.82) is 0 Å². The van der Waals surface area contributed by atoms with E-state index in [-0.39, 0.29) is 18.6 Å². The summed E-state index contributed by atoms with van der Waals surface area (Å²) < 4.78 is 12.6. The minimum absolute atomic E-state index is 0.0142. The van der Waals surface area contributed by atoms with E-state index < -0.39 is 11.2 Å². The Morgan fingerprint density at radius 1 is 1.20 bits per heavy atom. The molecule has 4 rings (SSSR count). The second-order valence-corrected chi connectivity index (χ2v) is 10.3. The molecule has 0 spiro atoms. The third-order valence-electron chi connectivity index (χ3n) is 6.33. The zero-order valence-corrected chi connectivity index (χ0v) is 18.9. The number of aromatic nitrogens is 2. The Hall–Kier alpha value is -1.83. The largest absolute Gasteiger partial charge is 0.611 e. The molecule has 0 bridgehead atoms. The van der Waals surface area contributed by atoms with E-state index in [1.165, 1.54) is 11.1 Å². The van der Waals surface area contributed by atoms with Crippen LogP contribution in [0, 0.1) is 12.8 Å². The highest BCUT2D eigenvalue weighted by molar-refractivity contribution is 7.91. The highest BCUT2D eigenvalue weighted by Crippen LogP contribution is 2.35. The number of hydrogen-bond donors (Lipinski definition) is 2. The highest BCUT2D eigenvalue weighted by Gasteiger charge is 2.34. The van der Waals surface area contributed by atoms with Crippen LogP contribution in [-0.4, -0.2) is 51.1 Å². The number of aliphatic hydroxyl groups excluding tert-OH is 1. The summed E-state index contributed by atoms with van der Waals surface area (Å²) >= 11 is -1.07. The number of benzene rings is 1. The maximum absolute atomic E-state index is 12.6. The Kier molecular flexibility index (Phi) is 6.51. The first-order valence-electron chi connectivity index (χ1n) is 10.9. The van der Waals surface area contributed by atoms with E-state index >= 15 is 0 Å². The summed E-state index contributed by atoms with van der Waals surface area (Å²) in [6.45, 7) is 8.07. The molecule has 2 aliphatic heterocycles. The molecule has 2 aliphatic rings. The van der Waals surface area contributed by atoms with Gasteiger partial charge in [0.05, 0.1) is 12.6 Å². The third-order valence-corrected chi connectivity index (χ3v) is 7.79. The lowest BCUT2D eigenvalue weighted by Crippen LogP contribution is -2.35. The maximum atomic E-state index is 12.6. The van der Waals surface area contributed by atoms with Crippen molar-refractivity contribution in [3.63, 3.8) is 0 Å². The normalized spacial score (nSPS) is 20.5. The number of aliphatic hydroxyl groups is 1. The van der Waals surface area contributed by atoms with E-state index in [9.17, 15) is 9.66 Å². The first-order valence-corrected chi connectivity index (χ1v) is 12.3. The van der Waals surface area contributed by atoms with Gasteiger partial charge in [0.25, 0.3) is 0 Å². The Morgan fingerprint density at radius 2 is 1.90 bits per heavy atom. The van der Waals surface area contributed by atoms with E-state index in [4.69, 9.17) is 9.97 Å². The number of nitrogens with one attached hydrogen (secondary N) is 1. The number of anilines is 2. The summed E-state index contributed by atoms with van der Waals surface area (Å²) in [6, 6.07) is 8.76. The quantitative estimate of drug-likeness (QED) is 0.687. The molecule has 30 heavy (non-hydrogen) atoms. The fourth-order valence-corrected chi connectivity index (χ4v) is 5.59. The molecule has 162 valence electrons. The smallest absolute Gasteiger partial charge is 0.227 e. The van der Waals surface area contributed by atoms with Crippen molar-refractivity contribution in [2.45, 2.75) is 56.9 Å². The number of aryl methyl sites for hydroxylation is 2. The number of hydrogen-bond acceptors (Lipinski definition) is 6. The minimum atomic E-state index is -1.07. The average molecular weight is 429 g/mol. The van der Waals surface area contributed by atoms with Crippen molar-refractivity contribution in [3.8, 4) is 0 Å². The molecule has 1 unspecified atom stereocenters. The van der Waals surface area contributed by atoms with Crippen LogP contribution in [0.25, 0.3) is 0 Å². The number of rotatable bonds is 6. The van der Waals surface area contributed by atoms with Crippen molar-refractivity contribution in [2.24, 2.45) is 5.92 Å². The highest BCUT2D eigenvalue weighted by atomic mass is 32.2. The van der Waals surface area contributed by atoms with Gasteiger partial charge in [-0.1, -0.05) is 43.7 Å². The zero-order valence-electron chi connectivity index (χ0n) is 18.1. The van der Waals surface area contributed by atoms with E-state index in [2.05, 4.69) is 55.3 Å². The van der Waals surface area contributed by atoms with E-state index in [0.29, 0.717) is 17.5 Å². The second kappa shape index (κ2) is 9.12. The molecule has 0 saturated carbocycles. The topological polar surface area (TPSA) is 84.3 Å². The van der Waals surface area contributed by atoms with Crippen LogP contribution in [0.4, 0.5) is 11.8 Å². The number of fused-ring (bicyclic) bond motifs is 1. The van der Waals surface area contributed by atoms with Gasteiger partial charge in [0.1, 0.15) is 11.4 Å². The molecule has 0 aliphatic carbocycles. The molecule has 0 amide bonds. The fraction of sp³-hybridized carbons (Fsp3) is 0.565. The van der Waals surface area contributed by atoms with Gasteiger partial charge in [-0.15, -0.1) is 0 Å². The van der Waals surface area contributed by atoms with Crippen LogP contribution in [0.3, 0.4) is 0 Å². The predicted octanol–water partition coefficient (Wildman–Crippen LogP) is 3.26. The molecule has 7 heteroatoms. The van der Waals surface area contributed by atoms with Crippen LogP contribution >= 0.6 is 0 Å². The zero-order chi connectivity index (χ0) is 21.3. The van der Waals surface area contributed by atoms with Gasteiger partial charge in [-0.25, -0.2) is 4.98 Å². The first-order chi connectivity index (χ1) is 14.5. The summed E-state index contributed by atoms with van der Waals surface area (Å²) in [5.74, 6) is 2.77. The van der Waals surface area contributed by atoms with Crippen LogP contribution in [0.5, 0.6) is 0 Å². The molecule has 6 nitrogen and oxygen atoms in total. The van der Waals surface area contributed by atoms with Gasteiger partial charge in [0.2, 0.25) is 10.8 Å². The van der Waals surface area contributed by atoms with E-state index in [1.54, 1.807) is 0 Å². The Balaban J connectivity index is 1.53. The minimum Gasteiger partial charge on any atom is -0.611 e. The van der Waals surface area contributed by atoms with Crippen LogP contribution in [0.1, 0.15) is 49.4 Å². The molecule has 2 atom stereocenters. The van der Waals surface area contributed by atoms with Gasteiger partial charge in [-0.3, -0.25) is 0 Å². The SMILES string of the molecule is Cc1ccc(C2CCN(c3nc4c(c(N[C@@H](CO)C(C)C)n3)[S+]([O-])CC4)CC2)cc1. The van der Waals surface area contributed by atoms with Crippen molar-refractivity contribution in [2.75, 3.05) is 35.7 Å². The molecular formula is C23H32N4O2S. The van der Waals surface area contributed by atoms with Crippen molar-refractivity contribution in [1.82, 2.24) is 9.97 Å². The summed E-state index contributed by atoms with van der Waals surface area (Å²) in [4.78, 5) is 12.6. The van der Waals surface area contributed by atoms with Crippen molar-refractivity contribution >= 4 is 22.9 Å². The first kappa shape index (κ1) is 21.4. The molecule has 1 fully saturated rings. The predicted molar refractivity (Wildman–Crippen MR) is 122 cm³/mol. The monoisotopic (exact) mass is 428 g/mol. The maximum Gasteiger partial charge on any atom is 0.227 e. The van der Waals surface area contributed by atoms with Crippen molar-refractivity contribution < 1.29 is 9.66 Å². The van der Waals surface area contributed by atoms with Crippen LogP contribution in [0.2, 0.25) is 0 Å². The van der Waals surface area contributed by atoms with Gasteiger partial charge in [-0.05, 0) is 48.3 Å². The Bertz CT molecular complexity index is 866. The molecule has 1 aromatic carbocycles. The Labute approximate surface area is 182 Å². The van der Waals surface area contributed by atoms with Crippen LogP contribution in [-0.2, 0) is 17.6 Å². The van der Waals surface area contributed by atoms with Gasteiger partial charge in [-0.2, -0.15) is 4.98 Å².